The quantitative estimate of drug-likeness (QED) is 0.905. The van der Waals surface area contributed by atoms with Crippen LogP contribution in [0.1, 0.15) is 38.3 Å². The Hall–Kier alpha value is -2.30. The molecule has 0 aliphatic carbocycles. The number of anilines is 3. The average molecular weight is 311 g/mol. The molecule has 0 bridgehead atoms. The highest BCUT2D eigenvalue weighted by Crippen LogP contribution is 2.31. The van der Waals surface area contributed by atoms with Crippen LogP contribution in [0.4, 0.5) is 17.3 Å². The number of rotatable bonds is 4. The van der Waals surface area contributed by atoms with Crippen LogP contribution in [0.3, 0.4) is 0 Å². The molecule has 1 aliphatic heterocycles. The molecule has 1 saturated heterocycles. The molecule has 23 heavy (non-hydrogen) atoms. The van der Waals surface area contributed by atoms with E-state index in [-0.39, 0.29) is 6.04 Å². The molecule has 5 nitrogen and oxygen atoms in total. The summed E-state index contributed by atoms with van der Waals surface area (Å²) in [7, 11) is 0. The lowest BCUT2D eigenvalue weighted by Gasteiger charge is -2.32. The molecule has 1 aliphatic rings. The maximum atomic E-state index is 6.35. The van der Waals surface area contributed by atoms with Gasteiger partial charge in [0.1, 0.15) is 12.0 Å². The minimum absolute atomic E-state index is 0.141. The van der Waals surface area contributed by atoms with Crippen molar-refractivity contribution in [1.82, 2.24) is 9.97 Å². The summed E-state index contributed by atoms with van der Waals surface area (Å²) in [6.45, 7) is 6.43. The van der Waals surface area contributed by atoms with Crippen LogP contribution in [0.2, 0.25) is 0 Å². The monoisotopic (exact) mass is 311 g/mol. The molecule has 1 atom stereocenters. The Morgan fingerprint density at radius 2 is 1.87 bits per heavy atom. The standard InChI is InChI=1S/C18H25N5/c1-13-8-10-23(11-9-13)18-16(19)17(20-12-21-18)22-14(2)15-6-4-3-5-7-15/h3-7,12-14H,8-11,19H2,1-2H3,(H,20,21,22). The second-order valence-corrected chi connectivity index (χ2v) is 6.41. The normalized spacial score (nSPS) is 17.0. The van der Waals surface area contributed by atoms with E-state index in [4.69, 9.17) is 5.73 Å². The van der Waals surface area contributed by atoms with Gasteiger partial charge in [-0.15, -0.1) is 0 Å². The Kier molecular flexibility index (Phi) is 4.65. The first-order chi connectivity index (χ1) is 11.1. The number of piperidine rings is 1. The van der Waals surface area contributed by atoms with Gasteiger partial charge < -0.3 is 16.0 Å². The molecular weight excluding hydrogens is 286 g/mol. The number of nitrogens with zero attached hydrogens (tertiary/aromatic N) is 3. The van der Waals surface area contributed by atoms with Crippen molar-refractivity contribution >= 4 is 17.3 Å². The Morgan fingerprint density at radius 3 is 2.57 bits per heavy atom. The Labute approximate surface area is 137 Å². The fourth-order valence-electron chi connectivity index (χ4n) is 3.00. The Bertz CT molecular complexity index is 635. The molecule has 2 aromatic rings. The van der Waals surface area contributed by atoms with E-state index in [1.165, 1.54) is 18.4 Å². The summed E-state index contributed by atoms with van der Waals surface area (Å²) >= 11 is 0. The molecule has 1 unspecified atom stereocenters. The van der Waals surface area contributed by atoms with E-state index in [1.807, 2.05) is 18.2 Å². The SMILES string of the molecule is CC1CCN(c2ncnc(NC(C)c3ccccc3)c2N)CC1. The molecule has 0 radical (unpaired) electrons. The fourth-order valence-corrected chi connectivity index (χ4v) is 3.00. The van der Waals surface area contributed by atoms with E-state index in [0.717, 1.165) is 24.8 Å². The number of nitrogens with two attached hydrogens (primary N) is 1. The fraction of sp³-hybridized carbons (Fsp3) is 0.444. The van der Waals surface area contributed by atoms with Crippen molar-refractivity contribution in [2.75, 3.05) is 29.0 Å². The Balaban J connectivity index is 1.77. The topological polar surface area (TPSA) is 67.1 Å². The number of nitrogens with one attached hydrogen (secondary N) is 1. The van der Waals surface area contributed by atoms with Crippen LogP contribution in [0, 0.1) is 5.92 Å². The van der Waals surface area contributed by atoms with E-state index < -0.39 is 0 Å². The van der Waals surface area contributed by atoms with Gasteiger partial charge in [0.15, 0.2) is 11.6 Å². The van der Waals surface area contributed by atoms with Crippen LogP contribution in [0.25, 0.3) is 0 Å². The number of aromatic nitrogens is 2. The molecule has 122 valence electrons. The lowest BCUT2D eigenvalue weighted by atomic mass is 9.99. The highest BCUT2D eigenvalue weighted by Gasteiger charge is 2.21. The first-order valence-corrected chi connectivity index (χ1v) is 8.32. The van der Waals surface area contributed by atoms with E-state index in [2.05, 4.69) is 46.2 Å². The smallest absolute Gasteiger partial charge is 0.157 e. The highest BCUT2D eigenvalue weighted by molar-refractivity contribution is 5.75. The summed E-state index contributed by atoms with van der Waals surface area (Å²) in [5.74, 6) is 2.35. The van der Waals surface area contributed by atoms with E-state index in [1.54, 1.807) is 6.33 Å². The van der Waals surface area contributed by atoms with Crippen LogP contribution in [0.15, 0.2) is 36.7 Å². The van der Waals surface area contributed by atoms with Crippen LogP contribution >= 0.6 is 0 Å². The van der Waals surface area contributed by atoms with Crippen LogP contribution in [-0.4, -0.2) is 23.1 Å². The van der Waals surface area contributed by atoms with Gasteiger partial charge in [-0.25, -0.2) is 9.97 Å². The van der Waals surface area contributed by atoms with E-state index in [9.17, 15) is 0 Å². The van der Waals surface area contributed by atoms with Gasteiger partial charge in [-0.05, 0) is 31.2 Å². The molecule has 3 N–H and O–H groups in total. The third-order valence-electron chi connectivity index (χ3n) is 4.60. The summed E-state index contributed by atoms with van der Waals surface area (Å²) in [5.41, 5.74) is 8.20. The Morgan fingerprint density at radius 1 is 1.17 bits per heavy atom. The molecule has 0 amide bonds. The number of benzene rings is 1. The van der Waals surface area contributed by atoms with Crippen molar-refractivity contribution in [2.24, 2.45) is 5.92 Å². The minimum atomic E-state index is 0.141. The molecule has 5 heteroatoms. The summed E-state index contributed by atoms with van der Waals surface area (Å²) in [6.07, 6.45) is 3.98. The number of hydrogen-bond donors (Lipinski definition) is 2. The summed E-state index contributed by atoms with van der Waals surface area (Å²) in [6, 6.07) is 10.4. The average Bonchev–Trinajstić information content (AvgIpc) is 2.58. The summed E-state index contributed by atoms with van der Waals surface area (Å²) in [5, 5.41) is 3.41. The largest absolute Gasteiger partial charge is 0.393 e. The summed E-state index contributed by atoms with van der Waals surface area (Å²) in [4.78, 5) is 11.0. The first kappa shape index (κ1) is 15.6. The number of nitrogen functional groups attached to an aromatic ring is 1. The van der Waals surface area contributed by atoms with Gasteiger partial charge in [-0.3, -0.25) is 0 Å². The van der Waals surface area contributed by atoms with Crippen LogP contribution in [-0.2, 0) is 0 Å². The van der Waals surface area contributed by atoms with E-state index in [0.29, 0.717) is 11.5 Å². The van der Waals surface area contributed by atoms with Crippen LogP contribution in [0.5, 0.6) is 0 Å². The van der Waals surface area contributed by atoms with Gasteiger partial charge in [-0.2, -0.15) is 0 Å². The van der Waals surface area contributed by atoms with Crippen molar-refractivity contribution in [3.63, 3.8) is 0 Å². The second kappa shape index (κ2) is 6.86. The van der Waals surface area contributed by atoms with Gasteiger partial charge in [0.25, 0.3) is 0 Å². The predicted octanol–water partition coefficient (Wildman–Crippen LogP) is 3.47. The molecule has 0 saturated carbocycles. The predicted molar refractivity (Wildman–Crippen MR) is 95.5 cm³/mol. The molecule has 1 aromatic carbocycles. The zero-order chi connectivity index (χ0) is 16.2. The molecule has 0 spiro atoms. The highest BCUT2D eigenvalue weighted by atomic mass is 15.2. The molecule has 3 rings (SSSR count). The van der Waals surface area contributed by atoms with Crippen molar-refractivity contribution in [3.8, 4) is 0 Å². The van der Waals surface area contributed by atoms with Crippen LogP contribution < -0.4 is 16.0 Å². The molecule has 1 aromatic heterocycles. The lowest BCUT2D eigenvalue weighted by molar-refractivity contribution is 0.437. The van der Waals surface area contributed by atoms with Crippen molar-refractivity contribution in [1.29, 1.82) is 0 Å². The molecular formula is C18H25N5. The maximum Gasteiger partial charge on any atom is 0.157 e. The molecule has 1 fully saturated rings. The zero-order valence-corrected chi connectivity index (χ0v) is 13.9. The van der Waals surface area contributed by atoms with Gasteiger partial charge >= 0.3 is 0 Å². The lowest BCUT2D eigenvalue weighted by Crippen LogP contribution is -2.34. The second-order valence-electron chi connectivity index (χ2n) is 6.41. The maximum absolute atomic E-state index is 6.35. The van der Waals surface area contributed by atoms with Crippen molar-refractivity contribution in [2.45, 2.75) is 32.7 Å². The van der Waals surface area contributed by atoms with Gasteiger partial charge in [0, 0.05) is 13.1 Å². The first-order valence-electron chi connectivity index (χ1n) is 8.32. The van der Waals surface area contributed by atoms with E-state index >= 15 is 0 Å². The van der Waals surface area contributed by atoms with Gasteiger partial charge in [0.2, 0.25) is 0 Å². The third-order valence-corrected chi connectivity index (χ3v) is 4.60. The zero-order valence-electron chi connectivity index (χ0n) is 13.9. The molecule has 2 heterocycles. The van der Waals surface area contributed by atoms with Gasteiger partial charge in [-0.1, -0.05) is 37.3 Å². The van der Waals surface area contributed by atoms with Crippen molar-refractivity contribution in [3.05, 3.63) is 42.2 Å². The third kappa shape index (κ3) is 3.55. The van der Waals surface area contributed by atoms with Gasteiger partial charge in [0.05, 0.1) is 6.04 Å². The number of hydrogen-bond acceptors (Lipinski definition) is 5. The minimum Gasteiger partial charge on any atom is -0.393 e. The summed E-state index contributed by atoms with van der Waals surface area (Å²) < 4.78 is 0. The van der Waals surface area contributed by atoms with Crippen molar-refractivity contribution < 1.29 is 0 Å².